The first kappa shape index (κ1) is 6.66. The lowest BCUT2D eigenvalue weighted by molar-refractivity contribution is -0.0262. The minimum Gasteiger partial charge on any atom is -0.381 e. The zero-order valence-electron chi connectivity index (χ0n) is 6.89. The Morgan fingerprint density at radius 2 is 2.10 bits per heavy atom. The van der Waals surface area contributed by atoms with Crippen LogP contribution in [0.2, 0.25) is 0 Å². The lowest BCUT2D eigenvalue weighted by Crippen LogP contribution is -2.44. The van der Waals surface area contributed by atoms with Gasteiger partial charge in [-0.05, 0) is 30.1 Å². The van der Waals surface area contributed by atoms with Gasteiger partial charge in [0.2, 0.25) is 0 Å². The van der Waals surface area contributed by atoms with Crippen LogP contribution in [0.1, 0.15) is 26.7 Å². The normalized spacial score (nSPS) is 43.8. The van der Waals surface area contributed by atoms with Gasteiger partial charge in [-0.25, -0.2) is 0 Å². The van der Waals surface area contributed by atoms with E-state index >= 15 is 0 Å². The largest absolute Gasteiger partial charge is 0.381 e. The van der Waals surface area contributed by atoms with E-state index in [9.17, 15) is 0 Å². The summed E-state index contributed by atoms with van der Waals surface area (Å²) in [5.74, 6) is 1.82. The van der Waals surface area contributed by atoms with Gasteiger partial charge in [-0.2, -0.15) is 0 Å². The quantitative estimate of drug-likeness (QED) is 0.500. The topological polar surface area (TPSA) is 9.23 Å². The van der Waals surface area contributed by atoms with E-state index in [1.165, 1.54) is 12.8 Å². The van der Waals surface area contributed by atoms with Crippen LogP contribution in [0, 0.1) is 17.3 Å². The van der Waals surface area contributed by atoms with Gasteiger partial charge in [0.1, 0.15) is 0 Å². The van der Waals surface area contributed by atoms with Crippen LogP contribution in [-0.4, -0.2) is 13.2 Å². The van der Waals surface area contributed by atoms with Crippen LogP contribution in [-0.2, 0) is 4.74 Å². The summed E-state index contributed by atoms with van der Waals surface area (Å²) in [5.41, 5.74) is 0.594. The monoisotopic (exact) mass is 140 g/mol. The lowest BCUT2D eigenvalue weighted by atomic mass is 9.55. The van der Waals surface area contributed by atoms with Crippen LogP contribution >= 0.6 is 0 Å². The van der Waals surface area contributed by atoms with Gasteiger partial charge >= 0.3 is 0 Å². The molecule has 1 saturated carbocycles. The van der Waals surface area contributed by atoms with Crippen molar-refractivity contribution in [3.05, 3.63) is 0 Å². The molecule has 2 heterocycles. The Balaban J connectivity index is 2.12. The summed E-state index contributed by atoms with van der Waals surface area (Å²) in [7, 11) is 0. The first-order valence-electron chi connectivity index (χ1n) is 4.29. The molecule has 2 unspecified atom stereocenters. The molecular formula is C9H16O. The molecule has 1 nitrogen and oxygen atoms in total. The van der Waals surface area contributed by atoms with Crippen molar-refractivity contribution in [2.75, 3.05) is 13.2 Å². The van der Waals surface area contributed by atoms with Crippen molar-refractivity contribution in [1.29, 1.82) is 0 Å². The number of ether oxygens (including phenoxy) is 1. The molecule has 3 fully saturated rings. The fourth-order valence-corrected chi connectivity index (χ4v) is 2.35. The van der Waals surface area contributed by atoms with E-state index in [-0.39, 0.29) is 0 Å². The van der Waals surface area contributed by atoms with Crippen LogP contribution in [0.25, 0.3) is 0 Å². The Labute approximate surface area is 62.8 Å². The van der Waals surface area contributed by atoms with Gasteiger partial charge in [-0.3, -0.25) is 0 Å². The van der Waals surface area contributed by atoms with Crippen LogP contribution in [0.3, 0.4) is 0 Å². The molecule has 0 N–H and O–H groups in total. The Morgan fingerprint density at radius 3 is 2.80 bits per heavy atom. The van der Waals surface area contributed by atoms with E-state index in [1.54, 1.807) is 0 Å². The first-order chi connectivity index (χ1) is 4.71. The molecule has 0 spiro atoms. The lowest BCUT2D eigenvalue weighted by Gasteiger charge is -2.50. The molecule has 2 bridgehead atoms. The Morgan fingerprint density at radius 1 is 1.30 bits per heavy atom. The molecule has 10 heavy (non-hydrogen) atoms. The maximum Gasteiger partial charge on any atom is 0.0499 e. The summed E-state index contributed by atoms with van der Waals surface area (Å²) >= 11 is 0. The third kappa shape index (κ3) is 0.731. The SMILES string of the molecule is CC1(C)C2CCOCC1C2. The number of fused-ring (bicyclic) bond motifs is 3. The van der Waals surface area contributed by atoms with Crippen molar-refractivity contribution in [3.63, 3.8) is 0 Å². The van der Waals surface area contributed by atoms with Gasteiger partial charge < -0.3 is 4.74 Å². The summed E-state index contributed by atoms with van der Waals surface area (Å²) in [5, 5.41) is 0. The smallest absolute Gasteiger partial charge is 0.0499 e. The van der Waals surface area contributed by atoms with Crippen molar-refractivity contribution >= 4 is 0 Å². The average Bonchev–Trinajstić information content (AvgIpc) is 2.17. The highest BCUT2D eigenvalue weighted by Gasteiger charge is 2.48. The van der Waals surface area contributed by atoms with Crippen LogP contribution in [0.4, 0.5) is 0 Å². The zero-order chi connectivity index (χ0) is 7.19. The molecule has 0 amide bonds. The maximum absolute atomic E-state index is 5.48. The van der Waals surface area contributed by atoms with Crippen molar-refractivity contribution in [2.45, 2.75) is 26.7 Å². The molecule has 2 atom stereocenters. The number of rotatable bonds is 0. The van der Waals surface area contributed by atoms with Gasteiger partial charge in [-0.15, -0.1) is 0 Å². The standard InChI is InChI=1S/C9H16O/c1-9(2)7-3-4-10-6-8(9)5-7/h7-8H,3-6H2,1-2H3. The molecule has 2 saturated heterocycles. The van der Waals surface area contributed by atoms with E-state index in [4.69, 9.17) is 4.74 Å². The van der Waals surface area contributed by atoms with E-state index in [0.29, 0.717) is 5.41 Å². The molecule has 3 rings (SSSR count). The fraction of sp³-hybridized carbons (Fsp3) is 1.00. The van der Waals surface area contributed by atoms with E-state index in [2.05, 4.69) is 13.8 Å². The van der Waals surface area contributed by atoms with Gasteiger partial charge in [0, 0.05) is 13.2 Å². The molecule has 1 aliphatic carbocycles. The first-order valence-corrected chi connectivity index (χ1v) is 4.29. The summed E-state index contributed by atoms with van der Waals surface area (Å²) in [6, 6.07) is 0. The highest BCUT2D eigenvalue weighted by Crippen LogP contribution is 2.54. The predicted octanol–water partition coefficient (Wildman–Crippen LogP) is 2.07. The van der Waals surface area contributed by atoms with E-state index in [0.717, 1.165) is 25.0 Å². The van der Waals surface area contributed by atoms with Gasteiger partial charge in [0.15, 0.2) is 0 Å². The molecule has 58 valence electrons. The molecule has 3 aliphatic rings. The predicted molar refractivity (Wildman–Crippen MR) is 40.8 cm³/mol. The van der Waals surface area contributed by atoms with Gasteiger partial charge in [0.05, 0.1) is 0 Å². The van der Waals surface area contributed by atoms with E-state index < -0.39 is 0 Å². The molecular weight excluding hydrogens is 124 g/mol. The number of hydrogen-bond donors (Lipinski definition) is 0. The third-order valence-corrected chi connectivity index (χ3v) is 3.60. The van der Waals surface area contributed by atoms with Crippen LogP contribution < -0.4 is 0 Å². The third-order valence-electron chi connectivity index (χ3n) is 3.60. The maximum atomic E-state index is 5.48. The van der Waals surface area contributed by atoms with Crippen molar-refractivity contribution in [1.82, 2.24) is 0 Å². The summed E-state index contributed by atoms with van der Waals surface area (Å²) in [6.45, 7) is 6.80. The molecule has 0 aromatic heterocycles. The second-order valence-electron chi connectivity index (χ2n) is 4.31. The Bertz CT molecular complexity index is 122. The van der Waals surface area contributed by atoms with Crippen molar-refractivity contribution in [2.24, 2.45) is 17.3 Å². The van der Waals surface area contributed by atoms with Crippen molar-refractivity contribution in [3.8, 4) is 0 Å². The zero-order valence-corrected chi connectivity index (χ0v) is 6.89. The molecule has 0 radical (unpaired) electrons. The second kappa shape index (κ2) is 1.97. The van der Waals surface area contributed by atoms with Gasteiger partial charge in [0.25, 0.3) is 0 Å². The average molecular weight is 140 g/mol. The minimum atomic E-state index is 0.594. The highest BCUT2D eigenvalue weighted by molar-refractivity contribution is 4.97. The Hall–Kier alpha value is -0.0400. The summed E-state index contributed by atoms with van der Waals surface area (Å²) in [6.07, 6.45) is 2.72. The molecule has 2 aliphatic heterocycles. The number of hydrogen-bond acceptors (Lipinski definition) is 1. The molecule has 1 heteroatoms. The molecule has 0 aromatic rings. The van der Waals surface area contributed by atoms with Crippen molar-refractivity contribution < 1.29 is 4.74 Å². The second-order valence-corrected chi connectivity index (χ2v) is 4.31. The van der Waals surface area contributed by atoms with Crippen LogP contribution in [0.15, 0.2) is 0 Å². The summed E-state index contributed by atoms with van der Waals surface area (Å²) < 4.78 is 5.48. The minimum absolute atomic E-state index is 0.594. The fourth-order valence-electron chi connectivity index (χ4n) is 2.35. The van der Waals surface area contributed by atoms with Gasteiger partial charge in [-0.1, -0.05) is 13.8 Å². The highest BCUT2D eigenvalue weighted by atomic mass is 16.5. The summed E-state index contributed by atoms with van der Waals surface area (Å²) in [4.78, 5) is 0. The Kier molecular flexibility index (Phi) is 1.31. The van der Waals surface area contributed by atoms with E-state index in [1.807, 2.05) is 0 Å². The van der Waals surface area contributed by atoms with Crippen LogP contribution in [0.5, 0.6) is 0 Å². The molecule has 0 aromatic carbocycles.